The fourth-order valence-electron chi connectivity index (χ4n) is 3.30. The summed E-state index contributed by atoms with van der Waals surface area (Å²) in [6, 6.07) is 6.71. The molecule has 3 N–H and O–H groups in total. The van der Waals surface area contributed by atoms with Crippen molar-refractivity contribution in [1.82, 2.24) is 16.0 Å². The second-order valence-corrected chi connectivity index (χ2v) is 8.00. The van der Waals surface area contributed by atoms with Gasteiger partial charge in [-0.2, -0.15) is 0 Å². The molecule has 0 saturated heterocycles. The summed E-state index contributed by atoms with van der Waals surface area (Å²) in [5.74, 6) is 0.00953. The van der Waals surface area contributed by atoms with E-state index in [9.17, 15) is 14.4 Å². The van der Waals surface area contributed by atoms with E-state index >= 15 is 0 Å². The number of amides is 2. The van der Waals surface area contributed by atoms with Gasteiger partial charge in [0, 0.05) is 13.0 Å². The average molecular weight is 480 g/mol. The second kappa shape index (κ2) is 22.2. The Morgan fingerprint density at radius 2 is 1.74 bits per heavy atom. The van der Waals surface area contributed by atoms with Gasteiger partial charge in [-0.1, -0.05) is 64.0 Å². The van der Waals surface area contributed by atoms with Crippen molar-refractivity contribution in [2.24, 2.45) is 0 Å². The minimum Gasteiger partial charge on any atom is -0.494 e. The number of unbranched alkanes of at least 4 members (excludes halogenated alkanes) is 1. The molecule has 0 aliphatic heterocycles. The highest BCUT2D eigenvalue weighted by Gasteiger charge is 2.21. The second-order valence-electron chi connectivity index (χ2n) is 8.00. The minimum absolute atomic E-state index is 0.145. The van der Waals surface area contributed by atoms with Gasteiger partial charge in [0.2, 0.25) is 12.3 Å². The molecule has 2 rings (SSSR count). The Labute approximate surface area is 205 Å². The molecule has 1 aliphatic carbocycles. The zero-order valence-corrected chi connectivity index (χ0v) is 21.5. The van der Waals surface area contributed by atoms with Crippen LogP contribution >= 0.6 is 0 Å². The molecule has 2 amide bonds. The first kappa shape index (κ1) is 31.4. The third-order valence-corrected chi connectivity index (χ3v) is 5.07. The molecule has 1 unspecified atom stereocenters. The summed E-state index contributed by atoms with van der Waals surface area (Å²) < 4.78 is 10.2. The summed E-state index contributed by atoms with van der Waals surface area (Å²) in [4.78, 5) is 33.0. The first-order chi connectivity index (χ1) is 16.5. The quantitative estimate of drug-likeness (QED) is 0.241. The lowest BCUT2D eigenvalue weighted by molar-refractivity contribution is -0.144. The third-order valence-electron chi connectivity index (χ3n) is 5.07. The van der Waals surface area contributed by atoms with Crippen LogP contribution < -0.4 is 20.7 Å². The van der Waals surface area contributed by atoms with Crippen molar-refractivity contribution in [3.05, 3.63) is 29.8 Å². The molecule has 0 radical (unpaired) electrons. The molecule has 8 nitrogen and oxygen atoms in total. The Morgan fingerprint density at radius 1 is 1.09 bits per heavy atom. The van der Waals surface area contributed by atoms with Crippen molar-refractivity contribution < 1.29 is 23.9 Å². The highest BCUT2D eigenvalue weighted by molar-refractivity contribution is 5.85. The standard InChI is InChI=1S/C15H22N2O4.C6H12.C5H11NO/c1-4-21-12-7-5-6-11(8-12)9-13(15(19)20-3)17-14(18)10-16-2;1-2-4-6-5-3-1;1-2-3-4-6-5-7/h5-8,13,16H,4,9-10H2,1-3H3,(H,17,18);1-6H2;5H,2-4H2,1H3,(H,6,7). The van der Waals surface area contributed by atoms with Crippen LogP contribution in [0, 0.1) is 0 Å². The Morgan fingerprint density at radius 3 is 2.24 bits per heavy atom. The van der Waals surface area contributed by atoms with Gasteiger partial charge < -0.3 is 25.4 Å². The monoisotopic (exact) mass is 479 g/mol. The van der Waals surface area contributed by atoms with Crippen molar-refractivity contribution in [2.75, 3.05) is 33.9 Å². The number of rotatable bonds is 12. The Balaban J connectivity index is 0.000000677. The van der Waals surface area contributed by atoms with Crippen LogP contribution in [0.5, 0.6) is 5.75 Å². The summed E-state index contributed by atoms with van der Waals surface area (Å²) in [7, 11) is 2.97. The molecule has 1 aliphatic rings. The van der Waals surface area contributed by atoms with Gasteiger partial charge in [-0.15, -0.1) is 0 Å². The van der Waals surface area contributed by atoms with Gasteiger partial charge >= 0.3 is 5.97 Å². The lowest BCUT2D eigenvalue weighted by atomic mass is 10.0. The summed E-state index contributed by atoms with van der Waals surface area (Å²) in [5, 5.41) is 7.96. The van der Waals surface area contributed by atoms with E-state index < -0.39 is 12.0 Å². The molecule has 8 heteroatoms. The predicted molar refractivity (Wildman–Crippen MR) is 136 cm³/mol. The zero-order valence-electron chi connectivity index (χ0n) is 21.5. The maximum Gasteiger partial charge on any atom is 0.328 e. The van der Waals surface area contributed by atoms with Crippen LogP contribution in [0.15, 0.2) is 24.3 Å². The van der Waals surface area contributed by atoms with Crippen LogP contribution in [0.4, 0.5) is 0 Å². The van der Waals surface area contributed by atoms with Crippen molar-refractivity contribution in [3.63, 3.8) is 0 Å². The van der Waals surface area contributed by atoms with Crippen LogP contribution in [0.2, 0.25) is 0 Å². The van der Waals surface area contributed by atoms with Crippen LogP contribution in [0.1, 0.15) is 70.8 Å². The first-order valence-corrected chi connectivity index (χ1v) is 12.4. The minimum atomic E-state index is -0.715. The fourth-order valence-corrected chi connectivity index (χ4v) is 3.30. The molecule has 34 heavy (non-hydrogen) atoms. The van der Waals surface area contributed by atoms with E-state index in [2.05, 4.69) is 22.9 Å². The Kier molecular flexibility index (Phi) is 20.5. The molecule has 1 fully saturated rings. The molecule has 1 saturated carbocycles. The number of benzene rings is 1. The maximum atomic E-state index is 11.8. The SMILES string of the molecule is C1CCCCC1.CCCCNC=O.CCOc1cccc(CC(NC(=O)CNC)C(=O)OC)c1. The molecule has 1 aromatic carbocycles. The number of hydrogen-bond acceptors (Lipinski definition) is 6. The van der Waals surface area contributed by atoms with Gasteiger partial charge in [0.15, 0.2) is 0 Å². The number of ether oxygens (including phenoxy) is 2. The lowest BCUT2D eigenvalue weighted by Gasteiger charge is -2.17. The average Bonchev–Trinajstić information content (AvgIpc) is 2.86. The number of likely N-dealkylation sites (N-methyl/N-ethyl adjacent to an activating group) is 1. The van der Waals surface area contributed by atoms with E-state index in [4.69, 9.17) is 9.47 Å². The van der Waals surface area contributed by atoms with Crippen LogP contribution in [-0.4, -0.2) is 58.2 Å². The van der Waals surface area contributed by atoms with Gasteiger partial charge in [-0.25, -0.2) is 4.79 Å². The molecular weight excluding hydrogens is 434 g/mol. The Hall–Kier alpha value is -2.61. The summed E-state index contributed by atoms with van der Waals surface area (Å²) >= 11 is 0. The zero-order chi connectivity index (χ0) is 25.4. The summed E-state index contributed by atoms with van der Waals surface area (Å²) in [5.41, 5.74) is 0.890. The molecule has 194 valence electrons. The molecule has 0 bridgehead atoms. The summed E-state index contributed by atoms with van der Waals surface area (Å²) in [6.07, 6.45) is 12.3. The number of carbonyl (C=O) groups excluding carboxylic acids is 3. The molecule has 0 aromatic heterocycles. The van der Waals surface area contributed by atoms with E-state index in [1.54, 1.807) is 7.05 Å². The van der Waals surface area contributed by atoms with Gasteiger partial charge in [0.25, 0.3) is 0 Å². The van der Waals surface area contributed by atoms with Crippen molar-refractivity contribution in [3.8, 4) is 5.75 Å². The topological polar surface area (TPSA) is 106 Å². The Bertz CT molecular complexity index is 654. The van der Waals surface area contributed by atoms with E-state index in [0.717, 1.165) is 37.1 Å². The number of nitrogens with one attached hydrogen (secondary N) is 3. The normalized spacial score (nSPS) is 13.1. The van der Waals surface area contributed by atoms with Crippen LogP contribution in [0.3, 0.4) is 0 Å². The number of carbonyl (C=O) groups is 3. The first-order valence-electron chi connectivity index (χ1n) is 12.4. The fraction of sp³-hybridized carbons (Fsp3) is 0.654. The third kappa shape index (κ3) is 16.9. The van der Waals surface area contributed by atoms with E-state index in [-0.39, 0.29) is 12.5 Å². The largest absolute Gasteiger partial charge is 0.494 e. The van der Waals surface area contributed by atoms with Gasteiger partial charge in [-0.05, 0) is 38.1 Å². The number of hydrogen-bond donors (Lipinski definition) is 3. The highest BCUT2D eigenvalue weighted by atomic mass is 16.5. The molecular formula is C26H45N3O5. The molecule has 0 heterocycles. The van der Waals surface area contributed by atoms with Crippen LogP contribution in [-0.2, 0) is 25.5 Å². The molecule has 0 spiro atoms. The number of methoxy groups -OCH3 is 1. The van der Waals surface area contributed by atoms with Crippen molar-refractivity contribution >= 4 is 18.3 Å². The highest BCUT2D eigenvalue weighted by Crippen LogP contribution is 2.16. The van der Waals surface area contributed by atoms with Gasteiger partial charge in [0.05, 0.1) is 20.3 Å². The maximum absolute atomic E-state index is 11.8. The van der Waals surface area contributed by atoms with E-state index in [1.165, 1.54) is 45.6 Å². The summed E-state index contributed by atoms with van der Waals surface area (Å²) in [6.45, 7) is 5.53. The van der Waals surface area contributed by atoms with E-state index in [1.807, 2.05) is 31.2 Å². The smallest absolute Gasteiger partial charge is 0.328 e. The molecule has 1 atom stereocenters. The number of esters is 1. The van der Waals surface area contributed by atoms with Crippen molar-refractivity contribution in [1.29, 1.82) is 0 Å². The molecule has 1 aromatic rings. The van der Waals surface area contributed by atoms with Gasteiger partial charge in [0.1, 0.15) is 11.8 Å². The van der Waals surface area contributed by atoms with Gasteiger partial charge in [-0.3, -0.25) is 9.59 Å². The van der Waals surface area contributed by atoms with E-state index in [0.29, 0.717) is 13.0 Å². The predicted octanol–water partition coefficient (Wildman–Crippen LogP) is 3.38. The lowest BCUT2D eigenvalue weighted by Crippen LogP contribution is -2.45. The van der Waals surface area contributed by atoms with Crippen LogP contribution in [0.25, 0.3) is 0 Å². The van der Waals surface area contributed by atoms with Crippen molar-refractivity contribution in [2.45, 2.75) is 77.7 Å².